The van der Waals surface area contributed by atoms with Crippen LogP contribution in [0.4, 0.5) is 0 Å². The van der Waals surface area contributed by atoms with Crippen molar-refractivity contribution < 1.29 is 14.3 Å². The van der Waals surface area contributed by atoms with Gasteiger partial charge in [0.2, 0.25) is 0 Å². The van der Waals surface area contributed by atoms with E-state index in [2.05, 4.69) is 12.1 Å². The monoisotopic (exact) mass is 236 g/mol. The van der Waals surface area contributed by atoms with Crippen molar-refractivity contribution in [1.29, 1.82) is 0 Å². The van der Waals surface area contributed by atoms with Gasteiger partial charge in [-0.25, -0.2) is 0 Å². The lowest BCUT2D eigenvalue weighted by atomic mass is 10.2. The highest BCUT2D eigenvalue weighted by molar-refractivity contribution is 6.56. The summed E-state index contributed by atoms with van der Waals surface area (Å²) >= 11 is 0. The normalized spacial score (nSPS) is 25.8. The Morgan fingerprint density at radius 2 is 2.12 bits per heavy atom. The predicted octanol–water partition coefficient (Wildman–Crippen LogP) is 0.508. The van der Waals surface area contributed by atoms with Gasteiger partial charge in [-0.05, 0) is 12.8 Å². The standard InChI is InChI=1S/C12H16O3Si/c13-10-15-12(8-4-5-9-14-12)16-11-6-2-1-3-7-11/h1-3,6-7,10H,4-5,8-9,16H2. The summed E-state index contributed by atoms with van der Waals surface area (Å²) in [5, 5.41) is 1.27. The van der Waals surface area contributed by atoms with Crippen LogP contribution in [0.1, 0.15) is 19.3 Å². The topological polar surface area (TPSA) is 35.5 Å². The van der Waals surface area contributed by atoms with E-state index < -0.39 is 14.9 Å². The third-order valence-electron chi connectivity index (χ3n) is 2.90. The Balaban J connectivity index is 2.10. The SMILES string of the molecule is O=COC1([SiH2]c2ccccc2)CCCCO1. The number of carbonyl (C=O) groups is 1. The Morgan fingerprint density at radius 1 is 1.31 bits per heavy atom. The Labute approximate surface area is 97.6 Å². The zero-order valence-corrected chi connectivity index (χ0v) is 10.6. The van der Waals surface area contributed by atoms with Crippen molar-refractivity contribution in [3.05, 3.63) is 30.3 Å². The zero-order valence-electron chi connectivity index (χ0n) is 9.22. The summed E-state index contributed by atoms with van der Waals surface area (Å²) in [6.07, 6.45) is 2.98. The molecule has 0 amide bonds. The minimum atomic E-state index is -0.751. The molecule has 1 aliphatic heterocycles. The van der Waals surface area contributed by atoms with Crippen molar-refractivity contribution in [2.75, 3.05) is 6.61 Å². The van der Waals surface area contributed by atoms with Gasteiger partial charge in [0.25, 0.3) is 6.47 Å². The molecule has 16 heavy (non-hydrogen) atoms. The van der Waals surface area contributed by atoms with Crippen LogP contribution in [0.5, 0.6) is 0 Å². The molecule has 0 N–H and O–H groups in total. The van der Waals surface area contributed by atoms with Crippen molar-refractivity contribution in [3.8, 4) is 0 Å². The van der Waals surface area contributed by atoms with Gasteiger partial charge in [0.15, 0.2) is 5.41 Å². The van der Waals surface area contributed by atoms with E-state index in [1.807, 2.05) is 18.2 Å². The van der Waals surface area contributed by atoms with Crippen molar-refractivity contribution in [3.63, 3.8) is 0 Å². The van der Waals surface area contributed by atoms with Crippen LogP contribution in [-0.2, 0) is 14.3 Å². The van der Waals surface area contributed by atoms with Crippen LogP contribution in [0.25, 0.3) is 0 Å². The van der Waals surface area contributed by atoms with Crippen LogP contribution in [0.15, 0.2) is 30.3 Å². The molecule has 0 aromatic heterocycles. The van der Waals surface area contributed by atoms with E-state index in [9.17, 15) is 4.79 Å². The van der Waals surface area contributed by atoms with E-state index in [-0.39, 0.29) is 0 Å². The number of ether oxygens (including phenoxy) is 2. The third-order valence-corrected chi connectivity index (χ3v) is 5.04. The Morgan fingerprint density at radius 3 is 2.75 bits per heavy atom. The second-order valence-corrected chi connectivity index (χ2v) is 6.34. The van der Waals surface area contributed by atoms with Gasteiger partial charge in [-0.1, -0.05) is 35.5 Å². The van der Waals surface area contributed by atoms with Gasteiger partial charge in [-0.3, -0.25) is 4.79 Å². The minimum absolute atomic E-state index is 0.529. The molecular formula is C12H16O3Si. The molecule has 1 aromatic rings. The maximum atomic E-state index is 10.6. The fourth-order valence-corrected chi connectivity index (χ4v) is 4.05. The average Bonchev–Trinajstić information content (AvgIpc) is 2.31. The second kappa shape index (κ2) is 5.27. The van der Waals surface area contributed by atoms with Gasteiger partial charge in [0.1, 0.15) is 9.52 Å². The largest absolute Gasteiger partial charge is 0.440 e. The summed E-state index contributed by atoms with van der Waals surface area (Å²) in [7, 11) is -0.751. The number of benzene rings is 1. The van der Waals surface area contributed by atoms with Crippen LogP contribution < -0.4 is 5.19 Å². The van der Waals surface area contributed by atoms with Crippen molar-refractivity contribution in [1.82, 2.24) is 0 Å². The van der Waals surface area contributed by atoms with Gasteiger partial charge in [-0.2, -0.15) is 0 Å². The summed E-state index contributed by atoms with van der Waals surface area (Å²) in [4.78, 5) is 10.6. The molecule has 0 aliphatic carbocycles. The molecule has 86 valence electrons. The quantitative estimate of drug-likeness (QED) is 0.564. The van der Waals surface area contributed by atoms with E-state index in [1.165, 1.54) is 5.19 Å². The lowest BCUT2D eigenvalue weighted by Gasteiger charge is -2.35. The first-order valence-corrected chi connectivity index (χ1v) is 7.05. The van der Waals surface area contributed by atoms with E-state index in [0.717, 1.165) is 19.3 Å². The van der Waals surface area contributed by atoms with Crippen LogP contribution >= 0.6 is 0 Å². The van der Waals surface area contributed by atoms with Gasteiger partial charge in [0.05, 0.1) is 6.61 Å². The van der Waals surface area contributed by atoms with E-state index in [0.29, 0.717) is 13.1 Å². The summed E-state index contributed by atoms with van der Waals surface area (Å²) < 4.78 is 11.0. The molecule has 0 bridgehead atoms. The molecular weight excluding hydrogens is 220 g/mol. The smallest absolute Gasteiger partial charge is 0.295 e. The molecule has 2 rings (SSSR count). The number of carbonyl (C=O) groups excluding carboxylic acids is 1. The summed E-state index contributed by atoms with van der Waals surface area (Å²) in [5.74, 6) is 0. The average molecular weight is 236 g/mol. The number of hydrogen-bond donors (Lipinski definition) is 0. The fraction of sp³-hybridized carbons (Fsp3) is 0.417. The number of hydrogen-bond acceptors (Lipinski definition) is 3. The van der Waals surface area contributed by atoms with Crippen LogP contribution in [0, 0.1) is 0 Å². The molecule has 1 unspecified atom stereocenters. The maximum absolute atomic E-state index is 10.6. The second-order valence-electron chi connectivity index (χ2n) is 4.09. The molecule has 3 nitrogen and oxygen atoms in total. The Bertz CT molecular complexity index is 333. The van der Waals surface area contributed by atoms with E-state index >= 15 is 0 Å². The van der Waals surface area contributed by atoms with Crippen molar-refractivity contribution in [2.24, 2.45) is 0 Å². The summed E-state index contributed by atoms with van der Waals surface area (Å²) in [6, 6.07) is 10.2. The first-order valence-electron chi connectivity index (χ1n) is 5.64. The Kier molecular flexibility index (Phi) is 3.74. The molecule has 1 fully saturated rings. The molecule has 1 aliphatic rings. The highest BCUT2D eigenvalue weighted by atomic mass is 28.2. The summed E-state index contributed by atoms with van der Waals surface area (Å²) in [5.41, 5.74) is -0.596. The highest BCUT2D eigenvalue weighted by Gasteiger charge is 2.35. The molecule has 1 aromatic carbocycles. The van der Waals surface area contributed by atoms with Crippen LogP contribution in [-0.4, -0.2) is 28.0 Å². The van der Waals surface area contributed by atoms with Gasteiger partial charge in [-0.15, -0.1) is 0 Å². The maximum Gasteiger partial charge on any atom is 0.295 e. The van der Waals surface area contributed by atoms with Crippen molar-refractivity contribution >= 4 is 21.2 Å². The lowest BCUT2D eigenvalue weighted by molar-refractivity contribution is -0.194. The van der Waals surface area contributed by atoms with Crippen LogP contribution in [0.3, 0.4) is 0 Å². The van der Waals surface area contributed by atoms with E-state index in [1.54, 1.807) is 0 Å². The van der Waals surface area contributed by atoms with Crippen LogP contribution in [0.2, 0.25) is 0 Å². The zero-order chi connectivity index (χ0) is 11.3. The molecule has 1 heterocycles. The summed E-state index contributed by atoms with van der Waals surface area (Å²) in [6.45, 7) is 1.23. The van der Waals surface area contributed by atoms with Gasteiger partial charge >= 0.3 is 0 Å². The molecule has 4 heteroatoms. The molecule has 0 radical (unpaired) electrons. The van der Waals surface area contributed by atoms with Gasteiger partial charge in [0, 0.05) is 6.42 Å². The number of rotatable bonds is 4. The van der Waals surface area contributed by atoms with Crippen molar-refractivity contribution in [2.45, 2.75) is 24.7 Å². The first kappa shape index (κ1) is 11.4. The van der Waals surface area contributed by atoms with Gasteiger partial charge < -0.3 is 9.47 Å². The molecule has 0 saturated carbocycles. The van der Waals surface area contributed by atoms with E-state index in [4.69, 9.17) is 9.47 Å². The predicted molar refractivity (Wildman–Crippen MR) is 64.3 cm³/mol. The highest BCUT2D eigenvalue weighted by Crippen LogP contribution is 2.24. The lowest BCUT2D eigenvalue weighted by Crippen LogP contribution is -2.49. The first-order chi connectivity index (χ1) is 7.85. The molecule has 0 spiro atoms. The third kappa shape index (κ3) is 2.71. The Hall–Kier alpha value is -1.13. The molecule has 1 saturated heterocycles. The minimum Gasteiger partial charge on any atom is -0.440 e. The fourth-order valence-electron chi connectivity index (χ4n) is 2.10. The molecule has 1 atom stereocenters.